The number of unbranched alkanes of at least 4 members (excludes halogenated alkanes) is 33. The first-order chi connectivity index (χ1) is 40.0. The zero-order valence-corrected chi connectivity index (χ0v) is 55.1. The summed E-state index contributed by atoms with van der Waals surface area (Å²) >= 11 is 0. The molecule has 8 nitrogen and oxygen atoms in total. The highest BCUT2D eigenvalue weighted by atomic mass is 31.2. The van der Waals surface area contributed by atoms with Gasteiger partial charge in [0.05, 0.1) is 39.9 Å². The predicted molar refractivity (Wildman–Crippen MR) is 357 cm³/mol. The van der Waals surface area contributed by atoms with E-state index in [-0.39, 0.29) is 12.5 Å². The minimum atomic E-state index is -4.62. The number of hydrogen-bond donors (Lipinski definition) is 2. The summed E-state index contributed by atoms with van der Waals surface area (Å²) in [6.45, 7) is 4.53. The van der Waals surface area contributed by atoms with Gasteiger partial charge in [-0.05, 0) is 96.3 Å². The molecule has 82 heavy (non-hydrogen) atoms. The number of carbonyl (C=O) groups excluding carboxylic acids is 1. The van der Waals surface area contributed by atoms with E-state index in [4.69, 9.17) is 9.05 Å². The number of likely N-dealkylation sites (N-methyl/N-ethyl adjacent to an activating group) is 1. The van der Waals surface area contributed by atoms with Crippen molar-refractivity contribution in [2.45, 2.75) is 309 Å². The Bertz CT molecular complexity index is 1700. The highest BCUT2D eigenvalue weighted by Crippen LogP contribution is 2.38. The van der Waals surface area contributed by atoms with E-state index in [1.54, 1.807) is 6.08 Å². The predicted octanol–water partition coefficient (Wildman–Crippen LogP) is 21.2. The number of phosphoric ester groups is 1. The van der Waals surface area contributed by atoms with Crippen molar-refractivity contribution >= 4 is 13.7 Å². The number of aliphatic hydroxyl groups excluding tert-OH is 1. The lowest BCUT2D eigenvalue weighted by atomic mass is 10.0. The van der Waals surface area contributed by atoms with Gasteiger partial charge in [0.25, 0.3) is 7.82 Å². The summed E-state index contributed by atoms with van der Waals surface area (Å²) in [4.78, 5) is 25.6. The molecule has 0 aliphatic rings. The van der Waals surface area contributed by atoms with E-state index in [9.17, 15) is 19.4 Å². The molecule has 0 saturated carbocycles. The Morgan fingerprint density at radius 3 is 1.13 bits per heavy atom. The quantitative estimate of drug-likeness (QED) is 0.0272. The van der Waals surface area contributed by atoms with Crippen LogP contribution in [0.4, 0.5) is 0 Å². The largest absolute Gasteiger partial charge is 0.756 e. The van der Waals surface area contributed by atoms with Gasteiger partial charge >= 0.3 is 0 Å². The number of allylic oxidation sites excluding steroid dienone is 17. The number of quaternary nitrogens is 1. The molecule has 3 atom stereocenters. The lowest BCUT2D eigenvalue weighted by molar-refractivity contribution is -0.870. The average molecular weight is 1160 g/mol. The Kier molecular flexibility index (Phi) is 60.5. The molecule has 0 aliphatic carbocycles. The van der Waals surface area contributed by atoms with Crippen molar-refractivity contribution in [2.24, 2.45) is 0 Å². The molecule has 1 amide bonds. The molecule has 474 valence electrons. The Balaban J connectivity index is 4.16. The second kappa shape index (κ2) is 62.7. The molecular weight excluding hydrogens is 1030 g/mol. The van der Waals surface area contributed by atoms with E-state index >= 15 is 0 Å². The van der Waals surface area contributed by atoms with Crippen molar-refractivity contribution in [1.29, 1.82) is 0 Å². The van der Waals surface area contributed by atoms with Gasteiger partial charge < -0.3 is 28.8 Å². The van der Waals surface area contributed by atoms with Gasteiger partial charge in [0.2, 0.25) is 5.91 Å². The Hall–Kier alpha value is -2.84. The maximum Gasteiger partial charge on any atom is 0.268 e. The summed E-state index contributed by atoms with van der Waals surface area (Å²) in [6, 6.07) is -0.918. The molecular formula is C73H131N2O6P. The van der Waals surface area contributed by atoms with Crippen LogP contribution in [-0.4, -0.2) is 68.5 Å². The number of carbonyl (C=O) groups is 1. The number of aliphatic hydroxyl groups is 1. The van der Waals surface area contributed by atoms with Gasteiger partial charge in [0, 0.05) is 6.42 Å². The molecule has 0 aliphatic heterocycles. The van der Waals surface area contributed by atoms with Gasteiger partial charge in [-0.3, -0.25) is 9.36 Å². The molecule has 0 aromatic rings. The second-order valence-corrected chi connectivity index (χ2v) is 25.5. The fourth-order valence-electron chi connectivity index (χ4n) is 9.66. The molecule has 0 rings (SSSR count). The number of nitrogens with one attached hydrogen (secondary N) is 1. The molecule has 0 saturated heterocycles. The van der Waals surface area contributed by atoms with E-state index in [1.165, 1.54) is 193 Å². The first-order valence-electron chi connectivity index (χ1n) is 34.2. The summed E-state index contributed by atoms with van der Waals surface area (Å²) in [5.74, 6) is -0.213. The van der Waals surface area contributed by atoms with Crippen molar-refractivity contribution < 1.29 is 32.9 Å². The van der Waals surface area contributed by atoms with Crippen LogP contribution in [0.1, 0.15) is 296 Å². The van der Waals surface area contributed by atoms with Crippen LogP contribution < -0.4 is 10.2 Å². The minimum Gasteiger partial charge on any atom is -0.756 e. The normalized spacial score (nSPS) is 14.4. The summed E-state index contributed by atoms with van der Waals surface area (Å²) < 4.78 is 23.4. The van der Waals surface area contributed by atoms with Crippen LogP contribution in [0.3, 0.4) is 0 Å². The summed E-state index contributed by atoms with van der Waals surface area (Å²) in [5.41, 5.74) is 0. The van der Waals surface area contributed by atoms with Gasteiger partial charge in [0.1, 0.15) is 13.2 Å². The van der Waals surface area contributed by atoms with Crippen molar-refractivity contribution in [2.75, 3.05) is 40.9 Å². The zero-order valence-electron chi connectivity index (χ0n) is 54.2. The Morgan fingerprint density at radius 2 is 0.756 bits per heavy atom. The van der Waals surface area contributed by atoms with Crippen LogP contribution in [0.25, 0.3) is 0 Å². The van der Waals surface area contributed by atoms with Crippen LogP contribution in [-0.2, 0) is 18.4 Å². The topological polar surface area (TPSA) is 108 Å². The van der Waals surface area contributed by atoms with Gasteiger partial charge in [-0.1, -0.05) is 303 Å². The van der Waals surface area contributed by atoms with Gasteiger partial charge in [-0.2, -0.15) is 0 Å². The number of rotatable bonds is 62. The summed E-state index contributed by atoms with van der Waals surface area (Å²) in [6.07, 6.45) is 92.1. The average Bonchev–Trinajstić information content (AvgIpc) is 3.47. The van der Waals surface area contributed by atoms with E-state index in [0.29, 0.717) is 17.4 Å². The van der Waals surface area contributed by atoms with Crippen LogP contribution in [0.15, 0.2) is 109 Å². The van der Waals surface area contributed by atoms with E-state index in [1.807, 2.05) is 27.2 Å². The number of nitrogens with zero attached hydrogens (tertiary/aromatic N) is 1. The molecule has 0 aromatic carbocycles. The van der Waals surface area contributed by atoms with Crippen molar-refractivity contribution in [1.82, 2.24) is 5.32 Å². The van der Waals surface area contributed by atoms with E-state index in [2.05, 4.69) is 116 Å². The monoisotopic (exact) mass is 1160 g/mol. The first-order valence-corrected chi connectivity index (χ1v) is 35.7. The lowest BCUT2D eigenvalue weighted by Crippen LogP contribution is -2.45. The van der Waals surface area contributed by atoms with Crippen molar-refractivity contribution in [3.8, 4) is 0 Å². The summed E-state index contributed by atoms with van der Waals surface area (Å²) in [5, 5.41) is 13.9. The highest BCUT2D eigenvalue weighted by molar-refractivity contribution is 7.45. The van der Waals surface area contributed by atoms with Crippen molar-refractivity contribution in [3.63, 3.8) is 0 Å². The van der Waals surface area contributed by atoms with Crippen molar-refractivity contribution in [3.05, 3.63) is 109 Å². The molecule has 3 unspecified atom stereocenters. The summed E-state index contributed by atoms with van der Waals surface area (Å²) in [7, 11) is 1.23. The SMILES string of the molecule is CC/C=C\C/C=C\C/C=C\C/C=C\C/C=C\C/C=C\CCCCCCCCCCCCCCCCC(=O)NC(COP(=O)([O-])OCC[N+](C)(C)C)C(O)/C=C/CC/C=C/CC/C=C/CCCCCCCCCCCCCCCCCCC. The smallest absolute Gasteiger partial charge is 0.268 e. The highest BCUT2D eigenvalue weighted by Gasteiger charge is 2.23. The Morgan fingerprint density at radius 1 is 0.439 bits per heavy atom. The molecule has 0 heterocycles. The minimum absolute atomic E-state index is 0.0130. The third-order valence-corrected chi connectivity index (χ3v) is 15.9. The number of hydrogen-bond acceptors (Lipinski definition) is 6. The molecule has 2 N–H and O–H groups in total. The lowest BCUT2D eigenvalue weighted by Gasteiger charge is -2.29. The van der Waals surface area contributed by atoms with Crippen LogP contribution in [0.2, 0.25) is 0 Å². The zero-order chi connectivity index (χ0) is 59.8. The maximum absolute atomic E-state index is 13.0. The molecule has 0 fully saturated rings. The van der Waals surface area contributed by atoms with Gasteiger partial charge in [-0.15, -0.1) is 0 Å². The van der Waals surface area contributed by atoms with Crippen LogP contribution in [0.5, 0.6) is 0 Å². The van der Waals surface area contributed by atoms with Gasteiger partial charge in [0.15, 0.2) is 0 Å². The van der Waals surface area contributed by atoms with Gasteiger partial charge in [-0.25, -0.2) is 0 Å². The molecule has 0 spiro atoms. The Labute approximate surface area is 508 Å². The molecule has 9 heteroatoms. The van der Waals surface area contributed by atoms with Crippen LogP contribution in [0, 0.1) is 0 Å². The number of amides is 1. The molecule has 0 aromatic heterocycles. The third-order valence-electron chi connectivity index (χ3n) is 14.9. The first kappa shape index (κ1) is 79.2. The van der Waals surface area contributed by atoms with E-state index in [0.717, 1.165) is 83.5 Å². The van der Waals surface area contributed by atoms with Crippen LogP contribution >= 0.6 is 7.82 Å². The standard InChI is InChI=1S/C73H131N2O6P/c1-6-8-10-12-14-16-18-20-22-24-26-28-30-32-34-35-36-37-38-39-41-43-45-47-49-51-53-55-57-59-61-63-65-67-73(77)74-71(70-81-82(78,79)80-69-68-75(3,4)5)72(76)66-64-62-60-58-56-54-52-50-48-46-44-42-40-33-31-29-27-25-23-21-19-17-15-13-11-9-7-2/h8,10,14,16,20,22,26,28,32,34,36-37,48,50,56,58,64,66,71-72,76H,6-7,9,11-13,15,17-19,21,23-25,27,29-31,33,35,38-47,49,51-55,57,59-63,65,67-70H2,1-5H3,(H-,74,77,78,79)/b10-8-,16-14-,22-20-,28-26-,34-32-,37-36-,50-48+,58-56+,66-64+. The third kappa shape index (κ3) is 64.7. The van der Waals surface area contributed by atoms with E-state index < -0.39 is 26.6 Å². The second-order valence-electron chi connectivity index (χ2n) is 24.1. The fourth-order valence-corrected chi connectivity index (χ4v) is 10.4. The molecule has 0 bridgehead atoms. The maximum atomic E-state index is 13.0. The fraction of sp³-hybridized carbons (Fsp3) is 0.740. The molecule has 0 radical (unpaired) electrons. The number of phosphoric acid groups is 1.